The molecule has 1 aromatic rings. The quantitative estimate of drug-likeness (QED) is 0.693. The molecular weight excluding hydrogens is 352 g/mol. The van der Waals surface area contributed by atoms with E-state index in [1.54, 1.807) is 0 Å². The second kappa shape index (κ2) is 8.47. The SMILES string of the molecule is CCCNC(=O)COC(=O)CN(C)S(=O)(=O)c1ccc(Cl)s1. The van der Waals surface area contributed by atoms with E-state index >= 15 is 0 Å². The zero-order valence-corrected chi connectivity index (χ0v) is 14.6. The number of amides is 1. The lowest BCUT2D eigenvalue weighted by Crippen LogP contribution is -2.35. The highest BCUT2D eigenvalue weighted by molar-refractivity contribution is 7.91. The van der Waals surface area contributed by atoms with E-state index in [0.29, 0.717) is 10.9 Å². The highest BCUT2D eigenvalue weighted by Gasteiger charge is 2.25. The van der Waals surface area contributed by atoms with Crippen molar-refractivity contribution in [2.24, 2.45) is 0 Å². The third kappa shape index (κ3) is 5.56. The van der Waals surface area contributed by atoms with Gasteiger partial charge in [-0.05, 0) is 18.6 Å². The average Bonchev–Trinajstić information content (AvgIpc) is 2.90. The van der Waals surface area contributed by atoms with Gasteiger partial charge in [-0.15, -0.1) is 11.3 Å². The molecule has 124 valence electrons. The van der Waals surface area contributed by atoms with Gasteiger partial charge in [-0.2, -0.15) is 4.31 Å². The Bertz CT molecular complexity index is 629. The van der Waals surface area contributed by atoms with Crippen LogP contribution in [0.2, 0.25) is 4.34 Å². The number of nitrogens with zero attached hydrogens (tertiary/aromatic N) is 1. The second-order valence-corrected chi connectivity index (χ2v) is 8.32. The van der Waals surface area contributed by atoms with Crippen LogP contribution in [0, 0.1) is 0 Å². The van der Waals surface area contributed by atoms with Crippen LogP contribution in [0.3, 0.4) is 0 Å². The normalized spacial score (nSPS) is 11.5. The number of halogens is 1. The fraction of sp³-hybridized carbons (Fsp3) is 0.500. The van der Waals surface area contributed by atoms with Crippen LogP contribution in [-0.4, -0.2) is 51.3 Å². The van der Waals surface area contributed by atoms with Crippen LogP contribution < -0.4 is 5.32 Å². The zero-order chi connectivity index (χ0) is 16.8. The number of ether oxygens (including phenoxy) is 1. The monoisotopic (exact) mass is 368 g/mol. The zero-order valence-electron chi connectivity index (χ0n) is 12.2. The lowest BCUT2D eigenvalue weighted by molar-refractivity contribution is -0.148. The van der Waals surface area contributed by atoms with Crippen molar-refractivity contribution in [1.82, 2.24) is 9.62 Å². The maximum atomic E-state index is 12.2. The smallest absolute Gasteiger partial charge is 0.321 e. The summed E-state index contributed by atoms with van der Waals surface area (Å²) in [6.45, 7) is 1.46. The summed E-state index contributed by atoms with van der Waals surface area (Å²) < 4.78 is 30.2. The molecule has 0 aliphatic rings. The van der Waals surface area contributed by atoms with Gasteiger partial charge < -0.3 is 10.1 Å². The van der Waals surface area contributed by atoms with Crippen LogP contribution in [0.15, 0.2) is 16.3 Å². The molecule has 1 N–H and O–H groups in total. The molecule has 0 saturated heterocycles. The van der Waals surface area contributed by atoms with Crippen LogP contribution in [0.5, 0.6) is 0 Å². The predicted molar refractivity (Wildman–Crippen MR) is 83.4 cm³/mol. The first-order valence-corrected chi connectivity index (χ1v) is 9.04. The first kappa shape index (κ1) is 18.9. The summed E-state index contributed by atoms with van der Waals surface area (Å²) in [6.07, 6.45) is 0.768. The largest absolute Gasteiger partial charge is 0.455 e. The first-order chi connectivity index (χ1) is 10.3. The number of hydrogen-bond donors (Lipinski definition) is 1. The van der Waals surface area contributed by atoms with Crippen LogP contribution in [0.25, 0.3) is 0 Å². The molecule has 0 radical (unpaired) electrons. The molecule has 0 aromatic carbocycles. The number of carbonyl (C=O) groups is 2. The molecule has 0 atom stereocenters. The molecule has 0 bridgehead atoms. The van der Waals surface area contributed by atoms with Gasteiger partial charge in [0.05, 0.1) is 4.34 Å². The average molecular weight is 369 g/mol. The summed E-state index contributed by atoms with van der Waals surface area (Å²) >= 11 is 6.60. The van der Waals surface area contributed by atoms with Gasteiger partial charge in [-0.3, -0.25) is 9.59 Å². The number of hydrogen-bond acceptors (Lipinski definition) is 6. The molecule has 0 aliphatic carbocycles. The minimum atomic E-state index is -3.80. The van der Waals surface area contributed by atoms with Crippen molar-refractivity contribution < 1.29 is 22.7 Å². The highest BCUT2D eigenvalue weighted by Crippen LogP contribution is 2.27. The van der Waals surface area contributed by atoms with Gasteiger partial charge in [-0.25, -0.2) is 8.42 Å². The standard InChI is InChI=1S/C12H17ClN2O5S2/c1-3-6-14-10(16)8-20-11(17)7-15(2)22(18,19)12-5-4-9(13)21-12/h4-5H,3,6-8H2,1-2H3,(H,14,16). The van der Waals surface area contributed by atoms with Crippen LogP contribution in [-0.2, 0) is 24.3 Å². The molecule has 7 nitrogen and oxygen atoms in total. The van der Waals surface area contributed by atoms with Gasteiger partial charge in [0.25, 0.3) is 15.9 Å². The fourth-order valence-corrected chi connectivity index (χ4v) is 4.17. The second-order valence-electron chi connectivity index (χ2n) is 4.33. The van der Waals surface area contributed by atoms with Crippen molar-refractivity contribution in [3.05, 3.63) is 16.5 Å². The molecule has 1 amide bonds. The number of thiophene rings is 1. The molecule has 0 unspecified atom stereocenters. The number of sulfonamides is 1. The number of carbonyl (C=O) groups excluding carboxylic acids is 2. The molecule has 1 heterocycles. The summed E-state index contributed by atoms with van der Waals surface area (Å²) in [7, 11) is -2.55. The van der Waals surface area contributed by atoms with Gasteiger partial charge in [0.2, 0.25) is 0 Å². The Balaban J connectivity index is 2.52. The van der Waals surface area contributed by atoms with E-state index in [4.69, 9.17) is 16.3 Å². The van der Waals surface area contributed by atoms with E-state index in [0.717, 1.165) is 22.1 Å². The molecule has 0 aliphatic heterocycles. The highest BCUT2D eigenvalue weighted by atomic mass is 35.5. The number of rotatable bonds is 8. The lowest BCUT2D eigenvalue weighted by Gasteiger charge is -2.15. The molecule has 22 heavy (non-hydrogen) atoms. The topological polar surface area (TPSA) is 92.8 Å². The Morgan fingerprint density at radius 3 is 2.64 bits per heavy atom. The van der Waals surface area contributed by atoms with E-state index in [9.17, 15) is 18.0 Å². The van der Waals surface area contributed by atoms with Gasteiger partial charge in [-0.1, -0.05) is 18.5 Å². The van der Waals surface area contributed by atoms with Gasteiger partial charge in [0, 0.05) is 13.6 Å². The van der Waals surface area contributed by atoms with Gasteiger partial charge >= 0.3 is 5.97 Å². The van der Waals surface area contributed by atoms with Crippen LogP contribution in [0.1, 0.15) is 13.3 Å². The van der Waals surface area contributed by atoms with Crippen LogP contribution in [0.4, 0.5) is 0 Å². The molecular formula is C12H17ClN2O5S2. The Morgan fingerprint density at radius 1 is 1.41 bits per heavy atom. The number of likely N-dealkylation sites (N-methyl/N-ethyl adjacent to an activating group) is 1. The van der Waals surface area contributed by atoms with Gasteiger partial charge in [0.1, 0.15) is 10.8 Å². The van der Waals surface area contributed by atoms with Crippen molar-refractivity contribution in [1.29, 1.82) is 0 Å². The Hall–Kier alpha value is -1.16. The molecule has 0 spiro atoms. The van der Waals surface area contributed by atoms with Crippen molar-refractivity contribution in [3.8, 4) is 0 Å². The summed E-state index contributed by atoms with van der Waals surface area (Å²) in [5.41, 5.74) is 0. The van der Waals surface area contributed by atoms with Gasteiger partial charge in [0.15, 0.2) is 6.61 Å². The third-order valence-corrected chi connectivity index (χ3v) is 6.00. The third-order valence-electron chi connectivity index (χ3n) is 2.50. The number of esters is 1. The maximum absolute atomic E-state index is 12.2. The summed E-state index contributed by atoms with van der Waals surface area (Å²) in [5, 5.41) is 2.54. The van der Waals surface area contributed by atoms with Crippen molar-refractivity contribution in [2.75, 3.05) is 26.7 Å². The Kier molecular flexibility index (Phi) is 7.27. The first-order valence-electron chi connectivity index (χ1n) is 6.41. The van der Waals surface area contributed by atoms with Crippen molar-refractivity contribution in [3.63, 3.8) is 0 Å². The summed E-state index contributed by atoms with van der Waals surface area (Å²) in [4.78, 5) is 22.9. The van der Waals surface area contributed by atoms with E-state index in [1.807, 2.05) is 6.92 Å². The summed E-state index contributed by atoms with van der Waals surface area (Å²) in [6, 6.07) is 2.83. The van der Waals surface area contributed by atoms with E-state index in [1.165, 1.54) is 19.2 Å². The molecule has 10 heteroatoms. The summed E-state index contributed by atoms with van der Waals surface area (Å²) in [5.74, 6) is -1.23. The lowest BCUT2D eigenvalue weighted by atomic mass is 10.5. The fourth-order valence-electron chi connectivity index (χ4n) is 1.36. The molecule has 1 aromatic heterocycles. The Labute approximate surface area is 138 Å². The van der Waals surface area contributed by atoms with E-state index < -0.39 is 35.1 Å². The minimum absolute atomic E-state index is 0.0356. The Morgan fingerprint density at radius 2 is 2.09 bits per heavy atom. The van der Waals surface area contributed by atoms with E-state index in [2.05, 4.69) is 5.32 Å². The van der Waals surface area contributed by atoms with Crippen molar-refractivity contribution >= 4 is 44.8 Å². The van der Waals surface area contributed by atoms with Crippen LogP contribution >= 0.6 is 22.9 Å². The van der Waals surface area contributed by atoms with E-state index in [-0.39, 0.29) is 4.21 Å². The minimum Gasteiger partial charge on any atom is -0.455 e. The molecule has 0 fully saturated rings. The molecule has 0 saturated carbocycles. The van der Waals surface area contributed by atoms with Crippen molar-refractivity contribution in [2.45, 2.75) is 17.6 Å². The number of nitrogens with one attached hydrogen (secondary N) is 1. The molecule has 1 rings (SSSR count). The predicted octanol–water partition coefficient (Wildman–Crippen LogP) is 1.09. The maximum Gasteiger partial charge on any atom is 0.321 e.